The van der Waals surface area contributed by atoms with Crippen LogP contribution in [0.2, 0.25) is 0 Å². The number of allylic oxidation sites excluding steroid dienone is 8. The smallest absolute Gasteiger partial charge is 0.306 e. The lowest BCUT2D eigenvalue weighted by molar-refractivity contribution is -0.167. The van der Waals surface area contributed by atoms with Gasteiger partial charge in [0.1, 0.15) is 13.2 Å². The molecule has 0 aromatic heterocycles. The van der Waals surface area contributed by atoms with Crippen LogP contribution in [-0.2, 0) is 28.6 Å². The molecule has 0 aromatic carbocycles. The van der Waals surface area contributed by atoms with Crippen LogP contribution in [0, 0.1) is 0 Å². The van der Waals surface area contributed by atoms with Crippen molar-refractivity contribution in [3.05, 3.63) is 48.6 Å². The fourth-order valence-corrected chi connectivity index (χ4v) is 10.7. The molecule has 80 heavy (non-hydrogen) atoms. The van der Waals surface area contributed by atoms with Gasteiger partial charge < -0.3 is 14.2 Å². The number of unbranched alkanes of at least 4 members (excludes halogenated alkanes) is 47. The monoisotopic (exact) mass is 1120 g/mol. The van der Waals surface area contributed by atoms with Crippen molar-refractivity contribution in [2.24, 2.45) is 0 Å². The number of rotatable bonds is 66. The first-order valence-electron chi connectivity index (χ1n) is 35.6. The Labute approximate surface area is 498 Å². The van der Waals surface area contributed by atoms with Gasteiger partial charge in [0.05, 0.1) is 0 Å². The summed E-state index contributed by atoms with van der Waals surface area (Å²) in [5.41, 5.74) is 0. The van der Waals surface area contributed by atoms with Crippen LogP contribution in [0.25, 0.3) is 0 Å². The van der Waals surface area contributed by atoms with E-state index in [0.29, 0.717) is 19.3 Å². The Hall–Kier alpha value is -2.63. The lowest BCUT2D eigenvalue weighted by Gasteiger charge is -2.18. The lowest BCUT2D eigenvalue weighted by Crippen LogP contribution is -2.30. The summed E-state index contributed by atoms with van der Waals surface area (Å²) in [6.45, 7) is 6.69. The maximum Gasteiger partial charge on any atom is 0.306 e. The van der Waals surface area contributed by atoms with E-state index in [1.807, 2.05) is 0 Å². The second-order valence-corrected chi connectivity index (χ2v) is 24.1. The molecule has 0 aliphatic rings. The van der Waals surface area contributed by atoms with Gasteiger partial charge in [-0.1, -0.05) is 333 Å². The highest BCUT2D eigenvalue weighted by Crippen LogP contribution is 2.18. The molecule has 0 amide bonds. The van der Waals surface area contributed by atoms with Gasteiger partial charge in [-0.15, -0.1) is 0 Å². The van der Waals surface area contributed by atoms with Crippen molar-refractivity contribution in [2.75, 3.05) is 13.2 Å². The zero-order valence-electron chi connectivity index (χ0n) is 53.9. The highest BCUT2D eigenvalue weighted by atomic mass is 16.6. The van der Waals surface area contributed by atoms with E-state index in [9.17, 15) is 14.4 Å². The van der Waals surface area contributed by atoms with E-state index >= 15 is 0 Å². The molecule has 0 radical (unpaired) electrons. The zero-order chi connectivity index (χ0) is 57.8. The number of esters is 3. The summed E-state index contributed by atoms with van der Waals surface area (Å²) < 4.78 is 17.0. The van der Waals surface area contributed by atoms with Crippen LogP contribution >= 0.6 is 0 Å². The molecule has 6 heteroatoms. The van der Waals surface area contributed by atoms with Crippen molar-refractivity contribution >= 4 is 17.9 Å². The van der Waals surface area contributed by atoms with Gasteiger partial charge in [-0.3, -0.25) is 14.4 Å². The number of carbonyl (C=O) groups excluding carboxylic acids is 3. The highest BCUT2D eigenvalue weighted by Gasteiger charge is 2.19. The van der Waals surface area contributed by atoms with Crippen LogP contribution in [0.15, 0.2) is 48.6 Å². The molecule has 0 heterocycles. The van der Waals surface area contributed by atoms with E-state index in [-0.39, 0.29) is 31.1 Å². The molecule has 0 bridgehead atoms. The molecular formula is C74H136O6. The topological polar surface area (TPSA) is 78.9 Å². The molecule has 0 aliphatic carbocycles. The molecule has 6 nitrogen and oxygen atoms in total. The molecule has 0 saturated heterocycles. The third-order valence-electron chi connectivity index (χ3n) is 16.1. The van der Waals surface area contributed by atoms with E-state index in [2.05, 4.69) is 69.4 Å². The van der Waals surface area contributed by atoms with Gasteiger partial charge in [-0.05, 0) is 83.5 Å². The van der Waals surface area contributed by atoms with E-state index in [1.165, 1.54) is 276 Å². The van der Waals surface area contributed by atoms with Crippen molar-refractivity contribution in [3.63, 3.8) is 0 Å². The van der Waals surface area contributed by atoms with Gasteiger partial charge in [0, 0.05) is 19.3 Å². The summed E-state index contributed by atoms with van der Waals surface area (Å²) in [4.78, 5) is 38.5. The standard InChI is InChI=1S/C74H136O6/c1-4-7-10-13-16-19-22-25-28-31-34-35-36-37-38-39-41-43-46-49-52-55-58-61-64-67-73(76)79-70-71(69-78-72(75)66-63-60-57-54-51-48-45-42-33-30-27-24-21-18-15-12-9-6-3)80-74(77)68-65-62-59-56-53-50-47-44-40-32-29-26-23-20-17-14-11-8-5-2/h22,25-26,29,31,34,36-37,71H,4-21,23-24,27-28,30,32-33,35,38-70H2,1-3H3/b25-22-,29-26-,34-31-,37-36-. The average molecular weight is 1120 g/mol. The van der Waals surface area contributed by atoms with Crippen LogP contribution in [0.3, 0.4) is 0 Å². The van der Waals surface area contributed by atoms with E-state index < -0.39 is 6.10 Å². The van der Waals surface area contributed by atoms with E-state index in [4.69, 9.17) is 14.2 Å². The third-order valence-corrected chi connectivity index (χ3v) is 16.1. The third kappa shape index (κ3) is 66.2. The molecule has 0 fully saturated rings. The molecule has 468 valence electrons. The predicted molar refractivity (Wildman–Crippen MR) is 349 cm³/mol. The minimum absolute atomic E-state index is 0.0704. The number of hydrogen-bond acceptors (Lipinski definition) is 6. The molecule has 0 saturated carbocycles. The molecule has 1 atom stereocenters. The summed E-state index contributed by atoms with van der Waals surface area (Å²) in [5, 5.41) is 0. The summed E-state index contributed by atoms with van der Waals surface area (Å²) in [6, 6.07) is 0. The van der Waals surface area contributed by atoms with Crippen molar-refractivity contribution in [1.82, 2.24) is 0 Å². The fourth-order valence-electron chi connectivity index (χ4n) is 10.7. The quantitative estimate of drug-likeness (QED) is 0.0261. The maximum absolute atomic E-state index is 13.0. The molecule has 0 N–H and O–H groups in total. The average Bonchev–Trinajstić information content (AvgIpc) is 3.46. The Balaban J connectivity index is 4.32. The Bertz CT molecular complexity index is 1380. The van der Waals surface area contributed by atoms with Gasteiger partial charge in [-0.2, -0.15) is 0 Å². The summed E-state index contributed by atoms with van der Waals surface area (Å²) in [5.74, 6) is -0.848. The van der Waals surface area contributed by atoms with Gasteiger partial charge in [-0.25, -0.2) is 0 Å². The Morgan fingerprint density at radius 3 is 0.713 bits per heavy atom. The van der Waals surface area contributed by atoms with Crippen LogP contribution in [0.4, 0.5) is 0 Å². The molecular weight excluding hydrogens is 985 g/mol. The minimum Gasteiger partial charge on any atom is -0.462 e. The summed E-state index contributed by atoms with van der Waals surface area (Å²) >= 11 is 0. The van der Waals surface area contributed by atoms with Crippen LogP contribution in [0.1, 0.15) is 387 Å². The predicted octanol–water partition coefficient (Wildman–Crippen LogP) is 24.5. The van der Waals surface area contributed by atoms with Gasteiger partial charge in [0.2, 0.25) is 0 Å². The molecule has 0 rings (SSSR count). The second-order valence-electron chi connectivity index (χ2n) is 24.1. The van der Waals surface area contributed by atoms with Crippen molar-refractivity contribution in [3.8, 4) is 0 Å². The van der Waals surface area contributed by atoms with Gasteiger partial charge in [0.25, 0.3) is 0 Å². The van der Waals surface area contributed by atoms with E-state index in [1.54, 1.807) is 0 Å². The highest BCUT2D eigenvalue weighted by molar-refractivity contribution is 5.71. The number of hydrogen-bond donors (Lipinski definition) is 0. The number of ether oxygens (including phenoxy) is 3. The Kier molecular flexibility index (Phi) is 66.6. The lowest BCUT2D eigenvalue weighted by atomic mass is 10.0. The Morgan fingerprint density at radius 2 is 0.450 bits per heavy atom. The van der Waals surface area contributed by atoms with Crippen molar-refractivity contribution in [2.45, 2.75) is 393 Å². The second kappa shape index (κ2) is 68.9. The molecule has 0 aromatic rings. The maximum atomic E-state index is 13.0. The van der Waals surface area contributed by atoms with Crippen LogP contribution < -0.4 is 0 Å². The minimum atomic E-state index is -0.775. The summed E-state index contributed by atoms with van der Waals surface area (Å²) in [6.07, 6.45) is 87.0. The normalized spacial score (nSPS) is 12.3. The van der Waals surface area contributed by atoms with Crippen molar-refractivity contribution < 1.29 is 28.6 Å². The number of carbonyl (C=O) groups is 3. The van der Waals surface area contributed by atoms with Crippen molar-refractivity contribution in [1.29, 1.82) is 0 Å². The van der Waals surface area contributed by atoms with E-state index in [0.717, 1.165) is 70.6 Å². The zero-order valence-corrected chi connectivity index (χ0v) is 53.9. The van der Waals surface area contributed by atoms with Crippen LogP contribution in [-0.4, -0.2) is 37.2 Å². The molecule has 1 unspecified atom stereocenters. The first-order valence-corrected chi connectivity index (χ1v) is 35.6. The molecule has 0 aliphatic heterocycles. The first-order chi connectivity index (χ1) is 39.5. The largest absolute Gasteiger partial charge is 0.462 e. The first kappa shape index (κ1) is 77.4. The van der Waals surface area contributed by atoms with Gasteiger partial charge >= 0.3 is 17.9 Å². The Morgan fingerprint density at radius 1 is 0.250 bits per heavy atom. The SMILES string of the molecule is CCCCCCC/C=C\C/C=C\C/C=C\CCCCCCCCCCCCC(=O)OCC(COC(=O)CCCCCCCCCCCCCCCCCCCC)OC(=O)CCCCCCCCCCC/C=C\CCCCCCCC. The molecule has 0 spiro atoms. The fraction of sp³-hybridized carbons (Fsp3) is 0.851. The van der Waals surface area contributed by atoms with Crippen LogP contribution in [0.5, 0.6) is 0 Å². The summed E-state index contributed by atoms with van der Waals surface area (Å²) in [7, 11) is 0. The van der Waals surface area contributed by atoms with Gasteiger partial charge in [0.15, 0.2) is 6.10 Å².